The highest BCUT2D eigenvalue weighted by Gasteiger charge is 2.51. The maximum Gasteiger partial charge on any atom is 0.253 e. The first-order valence-corrected chi connectivity index (χ1v) is 13.6. The van der Waals surface area contributed by atoms with E-state index in [0.717, 1.165) is 42.9 Å². The fraction of sp³-hybridized carbons (Fsp3) is 0.484. The number of amides is 1. The molecule has 2 atom stereocenters. The van der Waals surface area contributed by atoms with E-state index in [1.807, 2.05) is 36.4 Å². The lowest BCUT2D eigenvalue weighted by atomic mass is 9.64. The minimum atomic E-state index is -0.810. The number of rotatable bonds is 8. The zero-order chi connectivity index (χ0) is 24.3. The summed E-state index contributed by atoms with van der Waals surface area (Å²) in [5.41, 5.74) is 7.50. The average molecular weight is 471 g/mol. The minimum absolute atomic E-state index is 0.160. The van der Waals surface area contributed by atoms with E-state index in [-0.39, 0.29) is 11.8 Å². The molecule has 2 N–H and O–H groups in total. The van der Waals surface area contributed by atoms with E-state index >= 15 is 0 Å². The minimum Gasteiger partial charge on any atom is -0.369 e. The summed E-state index contributed by atoms with van der Waals surface area (Å²) in [7, 11) is 0. The molecule has 0 radical (unpaired) electrons. The number of benzene rings is 2. The van der Waals surface area contributed by atoms with Crippen LogP contribution in [0.4, 0.5) is 0 Å². The summed E-state index contributed by atoms with van der Waals surface area (Å²) >= 11 is 0. The van der Waals surface area contributed by atoms with Gasteiger partial charge in [-0.2, -0.15) is 0 Å². The van der Waals surface area contributed by atoms with Crippen molar-refractivity contribution in [3.8, 4) is 0 Å². The van der Waals surface area contributed by atoms with Crippen LogP contribution in [0.15, 0.2) is 73.1 Å². The second kappa shape index (κ2) is 10.4. The Bertz CT molecular complexity index is 1080. The summed E-state index contributed by atoms with van der Waals surface area (Å²) < 4.78 is 4.90. The third-order valence-corrected chi connectivity index (χ3v) is 8.96. The molecule has 2 aliphatic carbocycles. The molecule has 0 saturated heterocycles. The van der Waals surface area contributed by atoms with Crippen molar-refractivity contribution in [2.75, 3.05) is 0 Å². The number of nitrogens with zero attached hydrogens (tertiary/aromatic N) is 2. The molecular weight excluding hydrogens is 430 g/mol. The van der Waals surface area contributed by atoms with Crippen molar-refractivity contribution in [1.82, 2.24) is 4.57 Å². The number of aryl methyl sites for hydroxylation is 1. The van der Waals surface area contributed by atoms with Crippen LogP contribution in [0.5, 0.6) is 0 Å². The molecule has 35 heavy (non-hydrogen) atoms. The van der Waals surface area contributed by atoms with Crippen LogP contribution in [-0.4, -0.2) is 10.5 Å². The van der Waals surface area contributed by atoms with E-state index in [1.54, 1.807) is 0 Å². The Morgan fingerprint density at radius 1 is 0.943 bits per heavy atom. The van der Waals surface area contributed by atoms with Gasteiger partial charge in [0.2, 0.25) is 5.91 Å². The monoisotopic (exact) mass is 470 g/mol. The van der Waals surface area contributed by atoms with Crippen molar-refractivity contribution in [2.24, 2.45) is 17.6 Å². The molecule has 1 amide bonds. The molecule has 1 heterocycles. The van der Waals surface area contributed by atoms with Crippen molar-refractivity contribution in [3.05, 3.63) is 90.0 Å². The second-order valence-corrected chi connectivity index (χ2v) is 10.8. The SMILES string of the molecule is Cc1n([C@@H]2CC[C@H](C(C(N)=O)(c3ccccc3)c3ccccc3)C2)cc[n+]1CCC1CCCCC1. The zero-order valence-electron chi connectivity index (χ0n) is 21.1. The number of hydrogen-bond donors (Lipinski definition) is 1. The second-order valence-electron chi connectivity index (χ2n) is 10.8. The molecule has 1 aromatic heterocycles. The van der Waals surface area contributed by atoms with Crippen molar-refractivity contribution < 1.29 is 9.36 Å². The topological polar surface area (TPSA) is 51.9 Å². The van der Waals surface area contributed by atoms with E-state index in [9.17, 15) is 4.79 Å². The first-order chi connectivity index (χ1) is 17.1. The molecule has 0 spiro atoms. The van der Waals surface area contributed by atoms with Gasteiger partial charge < -0.3 is 5.73 Å². The number of carbonyl (C=O) groups excluding carboxylic acids is 1. The Morgan fingerprint density at radius 2 is 1.57 bits per heavy atom. The lowest BCUT2D eigenvalue weighted by Crippen LogP contribution is -2.47. The molecule has 4 nitrogen and oxygen atoms in total. The quantitative estimate of drug-likeness (QED) is 0.412. The summed E-state index contributed by atoms with van der Waals surface area (Å²) in [5, 5.41) is 0. The fourth-order valence-electron chi connectivity index (χ4n) is 7.07. The molecule has 4 heteroatoms. The van der Waals surface area contributed by atoms with Crippen molar-refractivity contribution in [3.63, 3.8) is 0 Å². The van der Waals surface area contributed by atoms with Crippen molar-refractivity contribution >= 4 is 5.91 Å². The number of primary amides is 1. The predicted octanol–water partition coefficient (Wildman–Crippen LogP) is 5.87. The molecule has 5 rings (SSSR count). The summed E-state index contributed by atoms with van der Waals surface area (Å²) in [6, 6.07) is 20.8. The maximum absolute atomic E-state index is 13.4. The largest absolute Gasteiger partial charge is 0.369 e. The molecule has 0 unspecified atom stereocenters. The highest BCUT2D eigenvalue weighted by molar-refractivity contribution is 5.91. The highest BCUT2D eigenvalue weighted by atomic mass is 16.1. The molecule has 2 aliphatic rings. The van der Waals surface area contributed by atoms with Gasteiger partial charge in [-0.1, -0.05) is 92.8 Å². The van der Waals surface area contributed by atoms with Gasteiger partial charge in [-0.3, -0.25) is 4.79 Å². The molecule has 184 valence electrons. The van der Waals surface area contributed by atoms with Gasteiger partial charge in [0.1, 0.15) is 23.9 Å². The number of nitrogens with two attached hydrogens (primary N) is 1. The van der Waals surface area contributed by atoms with Crippen LogP contribution in [0.3, 0.4) is 0 Å². The Labute approximate surface area is 210 Å². The number of hydrogen-bond acceptors (Lipinski definition) is 1. The van der Waals surface area contributed by atoms with Gasteiger partial charge in [-0.05, 0) is 48.6 Å². The van der Waals surface area contributed by atoms with Crippen LogP contribution < -0.4 is 10.3 Å². The van der Waals surface area contributed by atoms with Gasteiger partial charge in [-0.15, -0.1) is 0 Å². The Kier molecular flexibility index (Phi) is 7.08. The third kappa shape index (κ3) is 4.55. The van der Waals surface area contributed by atoms with Crippen molar-refractivity contribution in [1.29, 1.82) is 0 Å². The van der Waals surface area contributed by atoms with E-state index in [2.05, 4.69) is 52.7 Å². The first-order valence-electron chi connectivity index (χ1n) is 13.6. The summed E-state index contributed by atoms with van der Waals surface area (Å²) in [6.07, 6.45) is 15.8. The summed E-state index contributed by atoms with van der Waals surface area (Å²) in [6.45, 7) is 3.36. The summed E-state index contributed by atoms with van der Waals surface area (Å²) in [5.74, 6) is 2.14. The molecule has 2 fully saturated rings. The molecular formula is C31H40N3O+. The Hall–Kier alpha value is -2.88. The number of carbonyl (C=O) groups is 1. The van der Waals surface area contributed by atoms with Crippen LogP contribution in [0.1, 0.15) is 80.8 Å². The highest BCUT2D eigenvalue weighted by Crippen LogP contribution is 2.50. The standard InChI is InChI=1S/C31H39N3O/c1-24-33(20-19-25-11-5-2-6-12-25)21-22-34(24)29-18-17-28(23-29)31(30(32)35,26-13-7-3-8-14-26)27-15-9-4-10-16-27/h3-4,7-10,13-16,21-22,25,28-29H,2,5-6,11-12,17-20,23H2,1H3,(H-,32,35)/p+1/t28-,29+/m0/s1. The average Bonchev–Trinajstić information content (AvgIpc) is 3.52. The molecule has 2 saturated carbocycles. The van der Waals surface area contributed by atoms with Crippen LogP contribution >= 0.6 is 0 Å². The van der Waals surface area contributed by atoms with Gasteiger partial charge in [0.25, 0.3) is 5.82 Å². The van der Waals surface area contributed by atoms with Crippen LogP contribution in [0, 0.1) is 18.8 Å². The van der Waals surface area contributed by atoms with E-state index in [1.165, 1.54) is 44.3 Å². The normalized spacial score (nSPS) is 21.3. The smallest absolute Gasteiger partial charge is 0.253 e. The first kappa shape index (κ1) is 23.8. The van der Waals surface area contributed by atoms with E-state index in [4.69, 9.17) is 5.73 Å². The van der Waals surface area contributed by atoms with E-state index in [0.29, 0.717) is 6.04 Å². The van der Waals surface area contributed by atoms with Crippen LogP contribution in [-0.2, 0) is 16.8 Å². The third-order valence-electron chi connectivity index (χ3n) is 8.96. The molecule has 0 aliphatic heterocycles. The van der Waals surface area contributed by atoms with Gasteiger partial charge in [-0.25, -0.2) is 9.13 Å². The molecule has 0 bridgehead atoms. The van der Waals surface area contributed by atoms with Crippen LogP contribution in [0.2, 0.25) is 0 Å². The van der Waals surface area contributed by atoms with Gasteiger partial charge in [0.15, 0.2) is 0 Å². The lowest BCUT2D eigenvalue weighted by molar-refractivity contribution is -0.703. The predicted molar refractivity (Wildman–Crippen MR) is 140 cm³/mol. The Morgan fingerprint density at radius 3 is 2.17 bits per heavy atom. The van der Waals surface area contributed by atoms with Gasteiger partial charge >= 0.3 is 0 Å². The summed E-state index contributed by atoms with van der Waals surface area (Å²) in [4.78, 5) is 13.4. The van der Waals surface area contributed by atoms with Crippen molar-refractivity contribution in [2.45, 2.75) is 82.7 Å². The number of imidazole rings is 1. The fourth-order valence-corrected chi connectivity index (χ4v) is 7.07. The van der Waals surface area contributed by atoms with E-state index < -0.39 is 5.41 Å². The molecule has 2 aromatic carbocycles. The maximum atomic E-state index is 13.4. The Balaban J connectivity index is 1.40. The van der Waals surface area contributed by atoms with Gasteiger partial charge in [0.05, 0.1) is 6.54 Å². The van der Waals surface area contributed by atoms with Crippen LogP contribution in [0.25, 0.3) is 0 Å². The van der Waals surface area contributed by atoms with Gasteiger partial charge in [0, 0.05) is 6.92 Å². The zero-order valence-corrected chi connectivity index (χ0v) is 21.1. The molecule has 3 aromatic rings. The number of aromatic nitrogens is 2. The lowest BCUT2D eigenvalue weighted by Gasteiger charge is -2.37.